The maximum absolute atomic E-state index is 12.7. The molecule has 3 amide bonds. The van der Waals surface area contributed by atoms with Gasteiger partial charge < -0.3 is 32.1 Å². The van der Waals surface area contributed by atoms with Crippen molar-refractivity contribution in [1.29, 1.82) is 0 Å². The zero-order valence-electron chi connectivity index (χ0n) is 24.1. The number of anilines is 2. The summed E-state index contributed by atoms with van der Waals surface area (Å²) in [5, 5.41) is 16.1. The summed E-state index contributed by atoms with van der Waals surface area (Å²) >= 11 is 0. The summed E-state index contributed by atoms with van der Waals surface area (Å²) in [6.07, 6.45) is 0.531. The largest absolute Gasteiger partial charge is 0.465 e. The number of nitrogens with zero attached hydrogens (tertiary/aromatic N) is 1. The van der Waals surface area contributed by atoms with E-state index in [0.717, 1.165) is 35.1 Å². The summed E-state index contributed by atoms with van der Waals surface area (Å²) in [6.45, 7) is 0.489. The Hall–Kier alpha value is -4.99. The van der Waals surface area contributed by atoms with Crippen LogP contribution in [-0.2, 0) is 13.1 Å². The Balaban J connectivity index is 1.13. The number of carbonyl (C=O) groups is 3. The first kappa shape index (κ1) is 29.1. The summed E-state index contributed by atoms with van der Waals surface area (Å²) < 4.78 is 0. The third-order valence-electron chi connectivity index (χ3n) is 8.57. The van der Waals surface area contributed by atoms with Crippen molar-refractivity contribution in [2.45, 2.75) is 49.9 Å². The zero-order chi connectivity index (χ0) is 30.8. The zero-order valence-corrected chi connectivity index (χ0v) is 24.1. The second kappa shape index (κ2) is 12.3. The topological polar surface area (TPSA) is 151 Å². The molecule has 6 rings (SSSR count). The molecule has 2 saturated carbocycles. The highest BCUT2D eigenvalue weighted by Crippen LogP contribution is 2.53. The van der Waals surface area contributed by atoms with Gasteiger partial charge in [0.05, 0.1) is 0 Å². The van der Waals surface area contributed by atoms with E-state index in [-0.39, 0.29) is 48.8 Å². The maximum Gasteiger partial charge on any atom is 0.407 e. The second-order valence-corrected chi connectivity index (χ2v) is 11.4. The van der Waals surface area contributed by atoms with Crippen molar-refractivity contribution in [2.24, 2.45) is 11.5 Å². The highest BCUT2D eigenvalue weighted by molar-refractivity contribution is 6.05. The summed E-state index contributed by atoms with van der Waals surface area (Å²) in [6, 6.07) is 29.3. The monoisotopic (exact) mass is 589 g/mol. The Morgan fingerprint density at radius 2 is 1.07 bits per heavy atom. The highest BCUT2D eigenvalue weighted by atomic mass is 16.4. The minimum Gasteiger partial charge on any atom is -0.465 e. The van der Waals surface area contributed by atoms with Gasteiger partial charge in [-0.25, -0.2) is 4.79 Å². The lowest BCUT2D eigenvalue weighted by Crippen LogP contribution is -2.35. The van der Waals surface area contributed by atoms with E-state index in [2.05, 4.69) is 10.6 Å². The van der Waals surface area contributed by atoms with Gasteiger partial charge in [0.25, 0.3) is 11.8 Å². The first-order valence-electron chi connectivity index (χ1n) is 14.8. The minimum atomic E-state index is -0.929. The number of carbonyl (C=O) groups excluding carboxylic acids is 2. The van der Waals surface area contributed by atoms with Gasteiger partial charge in [-0.2, -0.15) is 0 Å². The molecule has 0 aromatic heterocycles. The van der Waals surface area contributed by atoms with Crippen molar-refractivity contribution in [3.05, 3.63) is 130 Å². The van der Waals surface area contributed by atoms with E-state index in [0.29, 0.717) is 22.5 Å². The second-order valence-electron chi connectivity index (χ2n) is 11.4. The molecular weight excluding hydrogens is 554 g/mol. The maximum atomic E-state index is 12.7. The fourth-order valence-corrected chi connectivity index (χ4v) is 6.06. The van der Waals surface area contributed by atoms with Crippen LogP contribution in [0, 0.1) is 0 Å². The van der Waals surface area contributed by atoms with Crippen LogP contribution in [0.1, 0.15) is 67.6 Å². The van der Waals surface area contributed by atoms with Gasteiger partial charge in [0.1, 0.15) is 0 Å². The van der Waals surface area contributed by atoms with Crippen molar-refractivity contribution >= 4 is 29.3 Å². The Labute approximate surface area is 255 Å². The van der Waals surface area contributed by atoms with Crippen LogP contribution in [0.25, 0.3) is 0 Å². The third kappa shape index (κ3) is 6.06. The summed E-state index contributed by atoms with van der Waals surface area (Å²) in [4.78, 5) is 39.4. The van der Waals surface area contributed by atoms with Gasteiger partial charge in [0.15, 0.2) is 0 Å². The van der Waals surface area contributed by atoms with Crippen molar-refractivity contribution in [1.82, 2.24) is 4.90 Å². The average Bonchev–Trinajstić information content (AvgIpc) is 3.99. The number of carboxylic acid groups (broad SMARTS) is 1. The Morgan fingerprint density at radius 1 is 0.659 bits per heavy atom. The Bertz CT molecular complexity index is 1580. The van der Waals surface area contributed by atoms with Crippen LogP contribution < -0.4 is 22.1 Å². The molecule has 7 N–H and O–H groups in total. The molecule has 0 heterocycles. The first-order chi connectivity index (χ1) is 21.4. The molecule has 0 aliphatic heterocycles. The van der Waals surface area contributed by atoms with Crippen LogP contribution in [0.2, 0.25) is 0 Å². The number of nitrogens with one attached hydrogen (secondary N) is 2. The molecule has 0 saturated heterocycles. The van der Waals surface area contributed by atoms with Crippen LogP contribution in [0.15, 0.2) is 97.1 Å². The minimum absolute atomic E-state index is 0.0618. The third-order valence-corrected chi connectivity index (χ3v) is 8.57. The number of hydrogen-bond donors (Lipinski definition) is 5. The molecule has 2 aliphatic carbocycles. The fourth-order valence-electron chi connectivity index (χ4n) is 6.06. The van der Waals surface area contributed by atoms with E-state index in [9.17, 15) is 19.5 Å². The normalized spacial score (nSPS) is 20.0. The predicted molar refractivity (Wildman–Crippen MR) is 170 cm³/mol. The molecule has 4 unspecified atom stereocenters. The number of nitrogens with two attached hydrogens (primary N) is 2. The van der Waals surface area contributed by atoms with Crippen LogP contribution in [0.5, 0.6) is 0 Å². The quantitative estimate of drug-likeness (QED) is 0.165. The van der Waals surface area contributed by atoms with Crippen LogP contribution >= 0.6 is 0 Å². The molecule has 0 radical (unpaired) electrons. The standard InChI is InChI=1S/C35H35N5O4/c36-19-25-15-23(11-13-29(25)38-33(41)21-7-3-1-4-8-21)27-17-31(27)40(35(43)44)32-18-28(32)24-12-14-30(26(16-24)20-37)39-34(42)22-9-5-2-6-10-22/h1-16,27-28,31-32H,17-20,36-37H2,(H,38,41)(H,39,42)(H,43,44). The fraction of sp³-hybridized carbons (Fsp3) is 0.229. The highest BCUT2D eigenvalue weighted by Gasteiger charge is 2.54. The van der Waals surface area contributed by atoms with Gasteiger partial charge >= 0.3 is 6.09 Å². The lowest BCUT2D eigenvalue weighted by molar-refractivity contribution is 0.101. The molecule has 2 aliphatic rings. The van der Waals surface area contributed by atoms with E-state index in [4.69, 9.17) is 11.5 Å². The SMILES string of the molecule is NCc1cc(C2CC2N(C(=O)O)C2CC2c2ccc(NC(=O)c3ccccc3)c(CN)c2)ccc1NC(=O)c1ccccc1. The number of benzene rings is 4. The molecule has 9 heteroatoms. The van der Waals surface area contributed by atoms with Gasteiger partial charge in [-0.05, 0) is 71.5 Å². The summed E-state index contributed by atoms with van der Waals surface area (Å²) in [7, 11) is 0. The molecule has 2 fully saturated rings. The van der Waals surface area contributed by atoms with E-state index >= 15 is 0 Å². The lowest BCUT2D eigenvalue weighted by atomic mass is 10.0. The van der Waals surface area contributed by atoms with Gasteiger partial charge in [-0.3, -0.25) is 9.59 Å². The van der Waals surface area contributed by atoms with Crippen LogP contribution in [-0.4, -0.2) is 40.0 Å². The molecule has 4 aromatic carbocycles. The molecule has 4 aromatic rings. The van der Waals surface area contributed by atoms with E-state index in [1.54, 1.807) is 29.2 Å². The first-order valence-corrected chi connectivity index (χ1v) is 14.8. The van der Waals surface area contributed by atoms with Crippen molar-refractivity contribution in [3.8, 4) is 0 Å². The molecule has 224 valence electrons. The van der Waals surface area contributed by atoms with Crippen molar-refractivity contribution < 1.29 is 19.5 Å². The summed E-state index contributed by atoms with van der Waals surface area (Å²) in [5.41, 5.74) is 18.1. The van der Waals surface area contributed by atoms with Gasteiger partial charge in [-0.1, -0.05) is 60.7 Å². The molecule has 0 spiro atoms. The lowest BCUT2D eigenvalue weighted by Gasteiger charge is -2.21. The van der Waals surface area contributed by atoms with Gasteiger partial charge in [-0.15, -0.1) is 0 Å². The van der Waals surface area contributed by atoms with Gasteiger partial charge in [0, 0.05) is 59.5 Å². The van der Waals surface area contributed by atoms with E-state index in [1.165, 1.54) is 0 Å². The van der Waals surface area contributed by atoms with Crippen LogP contribution in [0.4, 0.5) is 16.2 Å². The van der Waals surface area contributed by atoms with E-state index in [1.807, 2.05) is 72.8 Å². The van der Waals surface area contributed by atoms with Crippen LogP contribution in [0.3, 0.4) is 0 Å². The molecule has 4 atom stereocenters. The molecule has 9 nitrogen and oxygen atoms in total. The molecule has 0 bridgehead atoms. The molecule has 44 heavy (non-hydrogen) atoms. The predicted octanol–water partition coefficient (Wildman–Crippen LogP) is 5.50. The molecular formula is C35H35N5O4. The van der Waals surface area contributed by atoms with Crippen molar-refractivity contribution in [2.75, 3.05) is 10.6 Å². The van der Waals surface area contributed by atoms with Gasteiger partial charge in [0.2, 0.25) is 0 Å². The number of hydrogen-bond acceptors (Lipinski definition) is 5. The van der Waals surface area contributed by atoms with E-state index < -0.39 is 6.09 Å². The Morgan fingerprint density at radius 3 is 1.43 bits per heavy atom. The average molecular weight is 590 g/mol. The number of rotatable bonds is 10. The Kier molecular flexibility index (Phi) is 8.15. The summed E-state index contributed by atoms with van der Waals surface area (Å²) in [5.74, 6) is -0.296. The number of amides is 3. The van der Waals surface area contributed by atoms with Crippen molar-refractivity contribution in [3.63, 3.8) is 0 Å². The smallest absolute Gasteiger partial charge is 0.407 e.